The van der Waals surface area contributed by atoms with Crippen LogP contribution in [0.2, 0.25) is 5.02 Å². The van der Waals surface area contributed by atoms with Gasteiger partial charge in [-0.3, -0.25) is 14.5 Å². The average molecular weight is 450 g/mol. The number of benzene rings is 1. The van der Waals surface area contributed by atoms with Gasteiger partial charge in [-0.2, -0.15) is 0 Å². The van der Waals surface area contributed by atoms with Crippen LogP contribution in [0.25, 0.3) is 0 Å². The maximum Gasteiger partial charge on any atom is 0.250 e. The van der Waals surface area contributed by atoms with Gasteiger partial charge >= 0.3 is 0 Å². The normalized spacial score (nSPS) is 37.0. The van der Waals surface area contributed by atoms with Crippen molar-refractivity contribution in [3.05, 3.63) is 34.6 Å². The van der Waals surface area contributed by atoms with Crippen LogP contribution in [0.1, 0.15) is 37.7 Å². The lowest BCUT2D eigenvalue weighted by atomic mass is 9.47. The number of nitrogens with two attached hydrogens (primary N) is 1. The Morgan fingerprint density at radius 2 is 2.00 bits per heavy atom. The number of amides is 2. The Hall–Kier alpha value is -1.70. The Labute approximate surface area is 186 Å². The zero-order valence-corrected chi connectivity index (χ0v) is 18.2. The van der Waals surface area contributed by atoms with E-state index in [-0.39, 0.29) is 28.3 Å². The summed E-state index contributed by atoms with van der Waals surface area (Å²) < 4.78 is 19.2. The van der Waals surface area contributed by atoms with Crippen molar-refractivity contribution in [2.24, 2.45) is 28.9 Å². The van der Waals surface area contributed by atoms with Crippen LogP contribution < -0.4 is 11.1 Å². The third-order valence-corrected chi connectivity index (χ3v) is 8.23. The van der Waals surface area contributed by atoms with Gasteiger partial charge in [-0.05, 0) is 67.6 Å². The second-order valence-electron chi connectivity index (χ2n) is 9.99. The number of ether oxygens (including phenoxy) is 1. The van der Waals surface area contributed by atoms with E-state index in [0.717, 1.165) is 37.7 Å². The highest BCUT2D eigenvalue weighted by molar-refractivity contribution is 6.30. The molecule has 1 aromatic carbocycles. The molecule has 4 bridgehead atoms. The number of nitrogens with zero attached hydrogens (tertiary/aromatic N) is 1. The van der Waals surface area contributed by atoms with E-state index in [1.54, 1.807) is 12.1 Å². The van der Waals surface area contributed by atoms with Gasteiger partial charge in [0.05, 0.1) is 11.6 Å². The van der Waals surface area contributed by atoms with Gasteiger partial charge in [0, 0.05) is 31.1 Å². The second-order valence-corrected chi connectivity index (χ2v) is 10.4. The Kier molecular flexibility index (Phi) is 5.47. The first kappa shape index (κ1) is 21.2. The molecule has 6 nitrogen and oxygen atoms in total. The van der Waals surface area contributed by atoms with Gasteiger partial charge < -0.3 is 15.8 Å². The number of halogens is 2. The van der Waals surface area contributed by atoms with E-state index in [4.69, 9.17) is 22.1 Å². The lowest BCUT2D eigenvalue weighted by Gasteiger charge is -2.59. The molecule has 0 spiro atoms. The summed E-state index contributed by atoms with van der Waals surface area (Å²) >= 11 is 5.90. The molecule has 1 aromatic rings. The van der Waals surface area contributed by atoms with Crippen molar-refractivity contribution in [3.63, 3.8) is 0 Å². The predicted molar refractivity (Wildman–Crippen MR) is 114 cm³/mol. The summed E-state index contributed by atoms with van der Waals surface area (Å²) in [4.78, 5) is 27.3. The van der Waals surface area contributed by atoms with Crippen molar-refractivity contribution in [1.82, 2.24) is 10.2 Å². The van der Waals surface area contributed by atoms with Crippen molar-refractivity contribution >= 4 is 23.4 Å². The van der Waals surface area contributed by atoms with Crippen molar-refractivity contribution in [2.75, 3.05) is 19.7 Å². The zero-order chi connectivity index (χ0) is 21.8. The molecule has 3 atom stereocenters. The third-order valence-electron chi connectivity index (χ3n) is 7.94. The summed E-state index contributed by atoms with van der Waals surface area (Å²) in [5.74, 6) is 0.532. The molecule has 0 aromatic heterocycles. The molecule has 3 N–H and O–H groups in total. The van der Waals surface area contributed by atoms with Crippen LogP contribution in [0.3, 0.4) is 0 Å². The minimum Gasteiger partial charge on any atom is -0.369 e. The first-order valence-corrected chi connectivity index (χ1v) is 11.6. The number of primary amides is 1. The fourth-order valence-corrected chi connectivity index (χ4v) is 6.92. The Morgan fingerprint density at radius 3 is 2.68 bits per heavy atom. The number of hydrogen-bond donors (Lipinski definition) is 2. The van der Waals surface area contributed by atoms with Gasteiger partial charge in [-0.25, -0.2) is 4.39 Å². The van der Waals surface area contributed by atoms with Gasteiger partial charge in [0.25, 0.3) is 5.91 Å². The van der Waals surface area contributed by atoms with E-state index in [1.807, 2.05) is 0 Å². The zero-order valence-electron chi connectivity index (χ0n) is 17.5. The molecule has 3 unspecified atom stereocenters. The Morgan fingerprint density at radius 1 is 1.26 bits per heavy atom. The average Bonchev–Trinajstić information content (AvgIpc) is 2.73. The number of rotatable bonds is 5. The first-order valence-electron chi connectivity index (χ1n) is 11.2. The highest BCUT2D eigenvalue weighted by Gasteiger charge is 2.58. The van der Waals surface area contributed by atoms with Crippen LogP contribution in [0.5, 0.6) is 0 Å². The van der Waals surface area contributed by atoms with Crippen molar-refractivity contribution < 1.29 is 18.7 Å². The van der Waals surface area contributed by atoms with Crippen molar-refractivity contribution in [3.8, 4) is 0 Å². The quantitative estimate of drug-likeness (QED) is 0.723. The number of nitrogens with one attached hydrogen (secondary N) is 1. The van der Waals surface area contributed by atoms with Gasteiger partial charge in [-0.1, -0.05) is 17.7 Å². The van der Waals surface area contributed by atoms with Gasteiger partial charge in [0.2, 0.25) is 5.91 Å². The van der Waals surface area contributed by atoms with E-state index < -0.39 is 11.9 Å². The summed E-state index contributed by atoms with van der Waals surface area (Å²) in [5.41, 5.74) is 6.32. The molecule has 8 heteroatoms. The monoisotopic (exact) mass is 449 g/mol. The minimum absolute atomic E-state index is 0.0764. The molecular formula is C23H29ClFN3O3. The number of hydrogen-bond acceptors (Lipinski definition) is 4. The van der Waals surface area contributed by atoms with Crippen LogP contribution in [0.15, 0.2) is 18.2 Å². The fourth-order valence-electron chi connectivity index (χ4n) is 6.72. The predicted octanol–water partition coefficient (Wildman–Crippen LogP) is 2.48. The highest BCUT2D eigenvalue weighted by atomic mass is 35.5. The molecule has 1 heterocycles. The Bertz CT molecular complexity index is 881. The van der Waals surface area contributed by atoms with Gasteiger partial charge in [0.15, 0.2) is 0 Å². The molecule has 168 valence electrons. The molecule has 6 rings (SSSR count). The van der Waals surface area contributed by atoms with Crippen molar-refractivity contribution in [2.45, 2.75) is 50.8 Å². The van der Waals surface area contributed by atoms with Crippen LogP contribution in [-0.2, 0) is 20.9 Å². The third kappa shape index (κ3) is 3.96. The molecule has 1 saturated heterocycles. The SMILES string of the molecule is NC(=O)C12CC3CC(C1)C(NC(=O)C1CN(Cc4ccc(F)c(Cl)c4)CCO1)C(C3)C2. The molecule has 5 fully saturated rings. The molecular weight excluding hydrogens is 421 g/mol. The van der Waals surface area contributed by atoms with E-state index in [9.17, 15) is 14.0 Å². The van der Waals surface area contributed by atoms with E-state index in [2.05, 4.69) is 10.2 Å². The minimum atomic E-state index is -0.535. The first-order chi connectivity index (χ1) is 14.8. The second kappa shape index (κ2) is 8.01. The van der Waals surface area contributed by atoms with E-state index >= 15 is 0 Å². The largest absolute Gasteiger partial charge is 0.369 e. The number of carbonyl (C=O) groups excluding carboxylic acids is 2. The molecule has 2 amide bonds. The summed E-state index contributed by atoms with van der Waals surface area (Å²) in [5, 5.41) is 3.38. The van der Waals surface area contributed by atoms with Gasteiger partial charge in [-0.15, -0.1) is 0 Å². The summed E-state index contributed by atoms with van der Waals surface area (Å²) in [6.07, 6.45) is 4.11. The molecule has 1 aliphatic heterocycles. The smallest absolute Gasteiger partial charge is 0.250 e. The lowest BCUT2D eigenvalue weighted by Crippen LogP contribution is -2.63. The molecule has 31 heavy (non-hydrogen) atoms. The van der Waals surface area contributed by atoms with Crippen LogP contribution in [0, 0.1) is 29.0 Å². The molecule has 4 aliphatic carbocycles. The molecule has 4 saturated carbocycles. The fraction of sp³-hybridized carbons (Fsp3) is 0.652. The number of morpholine rings is 1. The summed E-state index contributed by atoms with van der Waals surface area (Å²) in [6, 6.07) is 4.82. The van der Waals surface area contributed by atoms with E-state index in [1.165, 1.54) is 6.07 Å². The molecule has 5 aliphatic rings. The topological polar surface area (TPSA) is 84.7 Å². The maximum absolute atomic E-state index is 13.4. The lowest BCUT2D eigenvalue weighted by molar-refractivity contribution is -0.151. The number of carbonyl (C=O) groups is 2. The molecule has 0 radical (unpaired) electrons. The van der Waals surface area contributed by atoms with Crippen LogP contribution in [-0.4, -0.2) is 48.6 Å². The van der Waals surface area contributed by atoms with Crippen molar-refractivity contribution in [1.29, 1.82) is 0 Å². The van der Waals surface area contributed by atoms with Crippen LogP contribution >= 0.6 is 11.6 Å². The standard InChI is InChI=1S/C23H29ClFN3O3/c24-17-7-13(1-2-18(17)25)11-28-3-4-31-19(12-28)21(29)27-20-15-5-14-6-16(20)10-23(8-14,9-15)22(26)30/h1-2,7,14-16,19-20H,3-6,8-12H2,(H2,26,30)(H,27,29). The summed E-state index contributed by atoms with van der Waals surface area (Å²) in [6.45, 7) is 2.25. The highest BCUT2D eigenvalue weighted by Crippen LogP contribution is 2.59. The summed E-state index contributed by atoms with van der Waals surface area (Å²) in [7, 11) is 0. The van der Waals surface area contributed by atoms with Gasteiger partial charge in [0.1, 0.15) is 11.9 Å². The van der Waals surface area contributed by atoms with Crippen LogP contribution in [0.4, 0.5) is 4.39 Å². The maximum atomic E-state index is 13.4. The van der Waals surface area contributed by atoms with E-state index in [0.29, 0.717) is 44.0 Å². The Balaban J connectivity index is 1.21.